The van der Waals surface area contributed by atoms with Gasteiger partial charge in [0.25, 0.3) is 0 Å². The maximum Gasteiger partial charge on any atom is 0.0438 e. The minimum absolute atomic E-state index is 0.239. The lowest BCUT2D eigenvalue weighted by atomic mass is 9.82. The summed E-state index contributed by atoms with van der Waals surface area (Å²) in [6, 6.07) is 17.0. The van der Waals surface area contributed by atoms with Crippen LogP contribution in [-0.2, 0) is 11.8 Å². The van der Waals surface area contributed by atoms with Crippen molar-refractivity contribution in [1.82, 2.24) is 0 Å². The average molecular weight is 366 g/mol. The lowest BCUT2D eigenvalue weighted by Crippen LogP contribution is -2.15. The Bertz CT molecular complexity index is 587. The van der Waals surface area contributed by atoms with Crippen molar-refractivity contribution in [3.05, 3.63) is 70.2 Å². The van der Waals surface area contributed by atoms with Crippen molar-refractivity contribution in [3.8, 4) is 0 Å². The topological polar surface area (TPSA) is 0 Å². The van der Waals surface area contributed by atoms with Crippen LogP contribution >= 0.6 is 27.5 Å². The van der Waals surface area contributed by atoms with Crippen LogP contribution in [0.25, 0.3) is 0 Å². The van der Waals surface area contributed by atoms with Gasteiger partial charge in [-0.2, -0.15) is 0 Å². The maximum absolute atomic E-state index is 6.24. The molecular weight excluding hydrogens is 344 g/mol. The predicted molar refractivity (Wildman–Crippen MR) is 96.6 cm³/mol. The van der Waals surface area contributed by atoms with Gasteiger partial charge in [0.2, 0.25) is 0 Å². The first kappa shape index (κ1) is 16.6. The molecule has 0 amide bonds. The second-order valence-electron chi connectivity index (χ2n) is 6.12. The second kappa shape index (κ2) is 6.98. The fourth-order valence-electron chi connectivity index (χ4n) is 2.32. The molecule has 0 spiro atoms. The summed E-state index contributed by atoms with van der Waals surface area (Å²) < 4.78 is 0. The van der Waals surface area contributed by atoms with Crippen molar-refractivity contribution < 1.29 is 0 Å². The van der Waals surface area contributed by atoms with Crippen LogP contribution in [0.5, 0.6) is 0 Å². The first-order chi connectivity index (χ1) is 9.94. The van der Waals surface area contributed by atoms with Crippen LogP contribution < -0.4 is 0 Å². The largest absolute Gasteiger partial charge is 0.0840 e. The summed E-state index contributed by atoms with van der Waals surface area (Å²) in [6.45, 7) is 6.81. The Hall–Kier alpha value is -0.790. The molecule has 0 fully saturated rings. The van der Waals surface area contributed by atoms with Crippen LogP contribution in [0.1, 0.15) is 48.7 Å². The molecule has 2 heteroatoms. The average Bonchev–Trinajstić information content (AvgIpc) is 2.49. The molecule has 0 aliphatic rings. The van der Waals surface area contributed by atoms with Crippen LogP contribution in [-0.4, -0.2) is 0 Å². The van der Waals surface area contributed by atoms with E-state index in [4.69, 9.17) is 11.6 Å². The van der Waals surface area contributed by atoms with Gasteiger partial charge in [-0.05, 0) is 41.0 Å². The molecule has 0 bridgehead atoms. The number of alkyl halides is 1. The second-order valence-corrected chi connectivity index (χ2v) is 7.64. The van der Waals surface area contributed by atoms with Crippen molar-refractivity contribution in [3.63, 3.8) is 0 Å². The van der Waals surface area contributed by atoms with Crippen molar-refractivity contribution in [2.75, 3.05) is 0 Å². The summed E-state index contributed by atoms with van der Waals surface area (Å²) in [5.74, 6) is 0. The zero-order valence-corrected chi connectivity index (χ0v) is 15.2. The van der Waals surface area contributed by atoms with E-state index in [0.717, 1.165) is 17.9 Å². The fraction of sp³-hybridized carbons (Fsp3) is 0.368. The maximum atomic E-state index is 6.24. The Morgan fingerprint density at radius 1 is 1.05 bits per heavy atom. The van der Waals surface area contributed by atoms with Gasteiger partial charge in [0.05, 0.1) is 0 Å². The van der Waals surface area contributed by atoms with Crippen molar-refractivity contribution in [2.24, 2.45) is 0 Å². The zero-order valence-electron chi connectivity index (χ0n) is 12.9. The number of benzene rings is 2. The Labute approximate surface area is 141 Å². The number of hydrogen-bond acceptors (Lipinski definition) is 0. The quantitative estimate of drug-likeness (QED) is 0.517. The first-order valence-corrected chi connectivity index (χ1v) is 8.71. The highest BCUT2D eigenvalue weighted by molar-refractivity contribution is 9.09. The molecule has 1 atom stereocenters. The molecule has 0 aromatic heterocycles. The van der Waals surface area contributed by atoms with E-state index in [1.165, 1.54) is 16.7 Å². The van der Waals surface area contributed by atoms with Gasteiger partial charge in [-0.25, -0.2) is 0 Å². The Morgan fingerprint density at radius 3 is 2.24 bits per heavy atom. The highest BCUT2D eigenvalue weighted by Crippen LogP contribution is 2.32. The van der Waals surface area contributed by atoms with Gasteiger partial charge in [0.1, 0.15) is 0 Å². The van der Waals surface area contributed by atoms with Gasteiger partial charge in [-0.15, -0.1) is 0 Å². The number of rotatable bonds is 5. The third-order valence-electron chi connectivity index (χ3n) is 4.29. The summed E-state index contributed by atoms with van der Waals surface area (Å²) >= 11 is 10.0. The third kappa shape index (κ3) is 4.11. The molecular formula is C19H22BrCl. The van der Waals surface area contributed by atoms with Crippen LogP contribution in [0.4, 0.5) is 0 Å². The van der Waals surface area contributed by atoms with Crippen LogP contribution in [0, 0.1) is 0 Å². The molecule has 0 saturated carbocycles. The van der Waals surface area contributed by atoms with Gasteiger partial charge in [0, 0.05) is 9.85 Å². The molecule has 21 heavy (non-hydrogen) atoms. The molecule has 2 aromatic carbocycles. The lowest BCUT2D eigenvalue weighted by molar-refractivity contribution is 0.506. The van der Waals surface area contributed by atoms with Gasteiger partial charge < -0.3 is 0 Å². The Balaban J connectivity index is 2.14. The molecule has 0 N–H and O–H groups in total. The van der Waals surface area contributed by atoms with Gasteiger partial charge in [-0.3, -0.25) is 0 Å². The van der Waals surface area contributed by atoms with Gasteiger partial charge >= 0.3 is 0 Å². The molecule has 0 aliphatic carbocycles. The van der Waals surface area contributed by atoms with E-state index < -0.39 is 0 Å². The minimum atomic E-state index is 0.239. The van der Waals surface area contributed by atoms with Crippen molar-refractivity contribution in [1.29, 1.82) is 0 Å². The summed E-state index contributed by atoms with van der Waals surface area (Å²) in [7, 11) is 0. The summed E-state index contributed by atoms with van der Waals surface area (Å²) in [6.07, 6.45) is 2.04. The van der Waals surface area contributed by atoms with Crippen LogP contribution in [0.3, 0.4) is 0 Å². The highest BCUT2D eigenvalue weighted by Gasteiger charge is 2.18. The predicted octanol–water partition coefficient (Wildman–Crippen LogP) is 6.71. The monoisotopic (exact) mass is 364 g/mol. The molecule has 1 unspecified atom stereocenters. The van der Waals surface area contributed by atoms with Gasteiger partial charge in [0.15, 0.2) is 0 Å². The molecule has 0 heterocycles. The van der Waals surface area contributed by atoms with E-state index in [1.807, 2.05) is 18.2 Å². The van der Waals surface area contributed by atoms with E-state index in [1.54, 1.807) is 0 Å². The van der Waals surface area contributed by atoms with Crippen LogP contribution in [0.2, 0.25) is 5.02 Å². The standard InChI is InChI=1S/C19H22BrCl/c1-4-19(2,3)16-11-9-14(10-12-16)17(20)13-15-7-5-6-8-18(15)21/h5-12,17H,4,13H2,1-3H3. The first-order valence-electron chi connectivity index (χ1n) is 7.42. The third-order valence-corrected chi connectivity index (χ3v) is 5.52. The lowest BCUT2D eigenvalue weighted by Gasteiger charge is -2.24. The number of hydrogen-bond donors (Lipinski definition) is 0. The summed E-state index contributed by atoms with van der Waals surface area (Å²) in [5, 5.41) is 0.839. The molecule has 2 rings (SSSR count). The molecule has 0 radical (unpaired) electrons. The van der Waals surface area contributed by atoms with E-state index in [-0.39, 0.29) is 10.2 Å². The molecule has 0 saturated heterocycles. The molecule has 2 aromatic rings. The zero-order chi connectivity index (χ0) is 15.5. The van der Waals surface area contributed by atoms with Crippen molar-refractivity contribution in [2.45, 2.75) is 43.9 Å². The molecule has 0 nitrogen and oxygen atoms in total. The molecule has 0 aliphatic heterocycles. The molecule has 112 valence electrons. The highest BCUT2D eigenvalue weighted by atomic mass is 79.9. The normalized spacial score (nSPS) is 13.2. The Kier molecular flexibility index (Phi) is 5.51. The Morgan fingerprint density at radius 2 is 1.67 bits per heavy atom. The van der Waals surface area contributed by atoms with E-state index in [9.17, 15) is 0 Å². The van der Waals surface area contributed by atoms with E-state index in [2.05, 4.69) is 67.0 Å². The number of halogens is 2. The summed E-state index contributed by atoms with van der Waals surface area (Å²) in [5.41, 5.74) is 4.11. The fourth-order valence-corrected chi connectivity index (χ4v) is 3.19. The van der Waals surface area contributed by atoms with Gasteiger partial charge in [-0.1, -0.05) is 90.8 Å². The summed E-state index contributed by atoms with van der Waals surface area (Å²) in [4.78, 5) is 0.288. The SMILES string of the molecule is CCC(C)(C)c1ccc(C(Br)Cc2ccccc2Cl)cc1. The van der Waals surface area contributed by atoms with Crippen molar-refractivity contribution >= 4 is 27.5 Å². The van der Waals surface area contributed by atoms with Crippen LogP contribution in [0.15, 0.2) is 48.5 Å². The van der Waals surface area contributed by atoms with E-state index >= 15 is 0 Å². The minimum Gasteiger partial charge on any atom is -0.0840 e. The van der Waals surface area contributed by atoms with E-state index in [0.29, 0.717) is 0 Å². The smallest absolute Gasteiger partial charge is 0.0438 e.